The van der Waals surface area contributed by atoms with Crippen molar-refractivity contribution in [1.82, 2.24) is 4.90 Å². The van der Waals surface area contributed by atoms with E-state index < -0.39 is 11.1 Å². The first-order chi connectivity index (χ1) is 8.39. The van der Waals surface area contributed by atoms with E-state index in [4.69, 9.17) is 14.7 Å². The lowest BCUT2D eigenvalue weighted by Gasteiger charge is -2.54. The fourth-order valence-electron chi connectivity index (χ4n) is 2.46. The number of hydrogen-bond acceptors (Lipinski definition) is 5. The van der Waals surface area contributed by atoms with Crippen LogP contribution in [0.25, 0.3) is 0 Å². The highest BCUT2D eigenvalue weighted by Gasteiger charge is 2.55. The van der Waals surface area contributed by atoms with Crippen LogP contribution in [0.3, 0.4) is 0 Å². The van der Waals surface area contributed by atoms with Crippen molar-refractivity contribution in [2.24, 2.45) is 5.16 Å². The zero-order valence-corrected chi connectivity index (χ0v) is 11.1. The second kappa shape index (κ2) is 4.42. The smallest absolute Gasteiger partial charge is 0.411 e. The summed E-state index contributed by atoms with van der Waals surface area (Å²) in [5.41, 5.74) is -0.359. The van der Waals surface area contributed by atoms with E-state index in [0.717, 1.165) is 0 Å². The second-order valence-electron chi connectivity index (χ2n) is 5.76. The Hall–Kier alpha value is -1.30. The molecule has 0 aromatic carbocycles. The van der Waals surface area contributed by atoms with E-state index in [1.54, 1.807) is 4.90 Å². The van der Waals surface area contributed by atoms with Crippen LogP contribution in [-0.2, 0) is 9.47 Å². The van der Waals surface area contributed by atoms with Crippen LogP contribution >= 0.6 is 0 Å². The highest BCUT2D eigenvalue weighted by Crippen LogP contribution is 2.38. The van der Waals surface area contributed by atoms with Gasteiger partial charge in [0.25, 0.3) is 0 Å². The first-order valence-corrected chi connectivity index (χ1v) is 6.19. The van der Waals surface area contributed by atoms with Crippen molar-refractivity contribution >= 4 is 11.8 Å². The SMILES string of the molecule is CC(C)(C)OC(=O)N1C/C(=N\O)C12CCOCC2. The molecule has 6 heteroatoms. The molecule has 1 N–H and O–H groups in total. The van der Waals surface area contributed by atoms with Crippen molar-refractivity contribution in [3.8, 4) is 0 Å². The average Bonchev–Trinajstić information content (AvgIpc) is 2.27. The number of rotatable bonds is 0. The Labute approximate surface area is 107 Å². The molecule has 2 rings (SSSR count). The second-order valence-corrected chi connectivity index (χ2v) is 5.76. The van der Waals surface area contributed by atoms with Gasteiger partial charge < -0.3 is 14.7 Å². The van der Waals surface area contributed by atoms with Crippen LogP contribution in [0.2, 0.25) is 0 Å². The quantitative estimate of drug-likeness (QED) is 0.528. The van der Waals surface area contributed by atoms with Gasteiger partial charge in [0, 0.05) is 13.2 Å². The maximum absolute atomic E-state index is 12.1. The summed E-state index contributed by atoms with van der Waals surface area (Å²) in [6, 6.07) is 0. The zero-order chi connectivity index (χ0) is 13.4. The van der Waals surface area contributed by atoms with Gasteiger partial charge in [-0.2, -0.15) is 0 Å². The van der Waals surface area contributed by atoms with Crippen LogP contribution in [0.4, 0.5) is 4.79 Å². The van der Waals surface area contributed by atoms with E-state index in [1.165, 1.54) is 0 Å². The lowest BCUT2D eigenvalue weighted by molar-refractivity contribution is -0.0352. The predicted octanol–water partition coefficient (Wildman–Crippen LogP) is 1.62. The van der Waals surface area contributed by atoms with E-state index in [-0.39, 0.29) is 6.09 Å². The summed E-state index contributed by atoms with van der Waals surface area (Å²) in [6.45, 7) is 6.98. The molecule has 0 unspecified atom stereocenters. The Balaban J connectivity index is 2.12. The molecule has 0 aliphatic carbocycles. The van der Waals surface area contributed by atoms with E-state index >= 15 is 0 Å². The third-order valence-electron chi connectivity index (χ3n) is 3.42. The monoisotopic (exact) mass is 256 g/mol. The van der Waals surface area contributed by atoms with Crippen LogP contribution in [0.15, 0.2) is 5.16 Å². The molecular formula is C12H20N2O4. The van der Waals surface area contributed by atoms with Gasteiger partial charge in [0.15, 0.2) is 0 Å². The van der Waals surface area contributed by atoms with Crippen molar-refractivity contribution in [3.05, 3.63) is 0 Å². The van der Waals surface area contributed by atoms with Gasteiger partial charge in [0.2, 0.25) is 0 Å². The molecule has 1 amide bonds. The van der Waals surface area contributed by atoms with Crippen molar-refractivity contribution in [2.45, 2.75) is 44.8 Å². The van der Waals surface area contributed by atoms with Gasteiger partial charge in [-0.3, -0.25) is 4.90 Å². The minimum absolute atomic E-state index is 0.339. The molecule has 0 aromatic heterocycles. The van der Waals surface area contributed by atoms with Gasteiger partial charge >= 0.3 is 6.09 Å². The van der Waals surface area contributed by atoms with Crippen molar-refractivity contribution < 1.29 is 19.5 Å². The van der Waals surface area contributed by atoms with E-state index in [1.807, 2.05) is 20.8 Å². The first-order valence-electron chi connectivity index (χ1n) is 6.19. The van der Waals surface area contributed by atoms with Crippen LogP contribution in [-0.4, -0.2) is 52.8 Å². The topological polar surface area (TPSA) is 71.4 Å². The molecule has 102 valence electrons. The predicted molar refractivity (Wildman–Crippen MR) is 64.9 cm³/mol. The Morgan fingerprint density at radius 1 is 1.44 bits per heavy atom. The fraction of sp³-hybridized carbons (Fsp3) is 0.833. The van der Waals surface area contributed by atoms with Gasteiger partial charge in [-0.25, -0.2) is 4.79 Å². The molecule has 2 aliphatic heterocycles. The van der Waals surface area contributed by atoms with Gasteiger partial charge in [-0.1, -0.05) is 5.16 Å². The first kappa shape index (κ1) is 13.1. The number of likely N-dealkylation sites (tertiary alicyclic amines) is 1. The van der Waals surface area contributed by atoms with Crippen LogP contribution < -0.4 is 0 Å². The summed E-state index contributed by atoms with van der Waals surface area (Å²) in [6.07, 6.45) is 0.967. The molecule has 0 bridgehead atoms. The molecule has 0 saturated carbocycles. The van der Waals surface area contributed by atoms with Gasteiger partial charge in [0.1, 0.15) is 11.3 Å². The van der Waals surface area contributed by atoms with Crippen LogP contribution in [0.5, 0.6) is 0 Å². The Kier molecular flexibility index (Phi) is 3.23. The van der Waals surface area contributed by atoms with Gasteiger partial charge in [0.05, 0.1) is 12.1 Å². The minimum atomic E-state index is -0.518. The van der Waals surface area contributed by atoms with Crippen molar-refractivity contribution in [2.75, 3.05) is 19.8 Å². The fourth-order valence-corrected chi connectivity index (χ4v) is 2.46. The Morgan fingerprint density at radius 3 is 2.56 bits per heavy atom. The number of hydrogen-bond donors (Lipinski definition) is 1. The molecular weight excluding hydrogens is 236 g/mol. The molecule has 2 saturated heterocycles. The maximum atomic E-state index is 12.1. The molecule has 2 fully saturated rings. The zero-order valence-electron chi connectivity index (χ0n) is 11.1. The van der Waals surface area contributed by atoms with E-state index in [9.17, 15) is 4.79 Å². The summed E-state index contributed by atoms with van der Waals surface area (Å²) >= 11 is 0. The summed E-state index contributed by atoms with van der Waals surface area (Å²) in [7, 11) is 0. The highest BCUT2D eigenvalue weighted by atomic mass is 16.6. The summed E-state index contributed by atoms with van der Waals surface area (Å²) in [5, 5.41) is 12.3. The number of carbonyl (C=O) groups excluding carboxylic acids is 1. The number of carbonyl (C=O) groups is 1. The summed E-state index contributed by atoms with van der Waals surface area (Å²) in [5.74, 6) is 0. The van der Waals surface area contributed by atoms with Crippen molar-refractivity contribution in [1.29, 1.82) is 0 Å². The third kappa shape index (κ3) is 2.16. The summed E-state index contributed by atoms with van der Waals surface area (Å²) < 4.78 is 10.7. The number of amides is 1. The third-order valence-corrected chi connectivity index (χ3v) is 3.42. The Morgan fingerprint density at radius 2 is 2.06 bits per heavy atom. The standard InChI is InChI=1S/C12H20N2O4/c1-11(2,3)18-10(15)14-8-9(13-16)12(14)4-6-17-7-5-12/h16H,4-8H2,1-3H3/b13-9+. The Bertz CT molecular complexity index is 367. The molecule has 2 aliphatic rings. The number of nitrogens with zero attached hydrogens (tertiary/aromatic N) is 2. The lowest BCUT2D eigenvalue weighted by Crippen LogP contribution is -2.72. The minimum Gasteiger partial charge on any atom is -0.444 e. The largest absolute Gasteiger partial charge is 0.444 e. The van der Waals surface area contributed by atoms with Crippen molar-refractivity contribution in [3.63, 3.8) is 0 Å². The molecule has 0 radical (unpaired) electrons. The molecule has 1 spiro atoms. The normalized spacial score (nSPS) is 25.1. The number of oxime groups is 1. The average molecular weight is 256 g/mol. The number of ether oxygens (including phenoxy) is 2. The lowest BCUT2D eigenvalue weighted by atomic mass is 9.76. The van der Waals surface area contributed by atoms with Crippen LogP contribution in [0.1, 0.15) is 33.6 Å². The molecule has 0 atom stereocenters. The van der Waals surface area contributed by atoms with E-state index in [2.05, 4.69) is 5.16 Å². The molecule has 6 nitrogen and oxygen atoms in total. The highest BCUT2D eigenvalue weighted by molar-refractivity contribution is 6.05. The maximum Gasteiger partial charge on any atom is 0.411 e. The van der Waals surface area contributed by atoms with E-state index in [0.29, 0.717) is 38.3 Å². The molecule has 2 heterocycles. The molecule has 18 heavy (non-hydrogen) atoms. The van der Waals surface area contributed by atoms with Crippen LogP contribution in [0, 0.1) is 0 Å². The summed E-state index contributed by atoms with van der Waals surface area (Å²) in [4.78, 5) is 13.8. The molecule has 0 aromatic rings. The van der Waals surface area contributed by atoms with Gasteiger partial charge in [-0.05, 0) is 33.6 Å². The van der Waals surface area contributed by atoms with Gasteiger partial charge in [-0.15, -0.1) is 0 Å².